The Bertz CT molecular complexity index is 846. The molecule has 0 aliphatic carbocycles. The summed E-state index contributed by atoms with van der Waals surface area (Å²) in [5.74, 6) is 1.14. The molecule has 29 heavy (non-hydrogen) atoms. The summed E-state index contributed by atoms with van der Waals surface area (Å²) >= 11 is 0. The van der Waals surface area contributed by atoms with Crippen molar-refractivity contribution in [3.05, 3.63) is 59.7 Å². The summed E-state index contributed by atoms with van der Waals surface area (Å²) in [7, 11) is 1.70. The van der Waals surface area contributed by atoms with Crippen molar-refractivity contribution in [1.82, 2.24) is 9.80 Å². The van der Waals surface area contributed by atoms with Crippen LogP contribution in [0, 0.1) is 6.92 Å². The van der Waals surface area contributed by atoms with Crippen molar-refractivity contribution in [2.24, 2.45) is 0 Å². The van der Waals surface area contributed by atoms with Gasteiger partial charge in [-0.1, -0.05) is 24.3 Å². The quantitative estimate of drug-likeness (QED) is 0.779. The Morgan fingerprint density at radius 3 is 2.59 bits per heavy atom. The lowest BCUT2D eigenvalue weighted by Gasteiger charge is -2.37. The van der Waals surface area contributed by atoms with E-state index in [0.717, 1.165) is 51.3 Å². The first-order valence-corrected chi connectivity index (χ1v) is 10.6. The van der Waals surface area contributed by atoms with Gasteiger partial charge in [0.1, 0.15) is 5.75 Å². The van der Waals surface area contributed by atoms with Crippen molar-refractivity contribution in [3.63, 3.8) is 0 Å². The number of aryl methyl sites for hydroxylation is 1. The zero-order valence-corrected chi connectivity index (χ0v) is 17.5. The highest BCUT2D eigenvalue weighted by Gasteiger charge is 2.30. The van der Waals surface area contributed by atoms with Crippen LogP contribution in [0.3, 0.4) is 0 Å². The summed E-state index contributed by atoms with van der Waals surface area (Å²) in [4.78, 5) is 19.7. The number of anilines is 1. The summed E-state index contributed by atoms with van der Waals surface area (Å²) < 4.78 is 5.38. The molecule has 0 aromatic heterocycles. The van der Waals surface area contributed by atoms with Crippen molar-refractivity contribution in [1.29, 1.82) is 0 Å². The van der Waals surface area contributed by atoms with E-state index >= 15 is 0 Å². The Labute approximate surface area is 173 Å². The van der Waals surface area contributed by atoms with Gasteiger partial charge in [-0.3, -0.25) is 9.69 Å². The van der Waals surface area contributed by atoms with Crippen molar-refractivity contribution < 1.29 is 9.53 Å². The Hall–Kier alpha value is -2.53. The molecule has 0 radical (unpaired) electrons. The van der Waals surface area contributed by atoms with Gasteiger partial charge in [0.15, 0.2) is 0 Å². The van der Waals surface area contributed by atoms with Crippen LogP contribution >= 0.6 is 0 Å². The number of carbonyl (C=O) groups excluding carboxylic acids is 1. The third kappa shape index (κ3) is 4.56. The van der Waals surface area contributed by atoms with E-state index in [1.165, 1.54) is 16.8 Å². The molecule has 0 bridgehead atoms. The van der Waals surface area contributed by atoms with Gasteiger partial charge in [-0.25, -0.2) is 0 Å². The number of nitrogens with zero attached hydrogens (tertiary/aromatic N) is 3. The normalized spacial score (nSPS) is 20.1. The average molecular weight is 394 g/mol. The Balaban J connectivity index is 1.34. The van der Waals surface area contributed by atoms with Gasteiger partial charge in [0.25, 0.3) is 0 Å². The molecule has 2 aliphatic rings. The van der Waals surface area contributed by atoms with Crippen molar-refractivity contribution in [2.75, 3.05) is 51.3 Å². The Kier molecular flexibility index (Phi) is 6.05. The van der Waals surface area contributed by atoms with Crippen LogP contribution in [0.4, 0.5) is 5.69 Å². The number of benzene rings is 2. The molecule has 0 spiro atoms. The molecule has 2 aromatic rings. The molecule has 1 amide bonds. The molecule has 2 heterocycles. The fraction of sp³-hybridized carbons (Fsp3) is 0.458. The predicted octanol–water partition coefficient (Wildman–Crippen LogP) is 3.49. The van der Waals surface area contributed by atoms with Crippen LogP contribution in [-0.4, -0.2) is 62.1 Å². The molecule has 2 aromatic carbocycles. The van der Waals surface area contributed by atoms with E-state index in [1.54, 1.807) is 7.11 Å². The number of carbonyl (C=O) groups is 1. The standard InChI is InChI=1S/C24H31N3O2/c1-19-6-3-8-21(16-19)25-12-14-26(15-13-25)24(28)18-27-11-5-10-23(27)20-7-4-9-22(17-20)29-2/h3-4,6-9,16-17,23H,5,10-15,18H2,1-2H3. The van der Waals surface area contributed by atoms with Crippen LogP contribution in [-0.2, 0) is 4.79 Å². The second kappa shape index (κ2) is 8.87. The van der Waals surface area contributed by atoms with E-state index in [-0.39, 0.29) is 5.91 Å². The van der Waals surface area contributed by atoms with Gasteiger partial charge in [-0.15, -0.1) is 0 Å². The topological polar surface area (TPSA) is 36.0 Å². The minimum Gasteiger partial charge on any atom is -0.497 e. The maximum atomic E-state index is 13.0. The highest BCUT2D eigenvalue weighted by molar-refractivity contribution is 5.78. The maximum Gasteiger partial charge on any atom is 0.236 e. The highest BCUT2D eigenvalue weighted by atomic mass is 16.5. The number of piperazine rings is 1. The second-order valence-electron chi connectivity index (χ2n) is 8.11. The van der Waals surface area contributed by atoms with Crippen LogP contribution < -0.4 is 9.64 Å². The number of hydrogen-bond acceptors (Lipinski definition) is 4. The van der Waals surface area contributed by atoms with Crippen LogP contribution in [0.25, 0.3) is 0 Å². The monoisotopic (exact) mass is 393 g/mol. The predicted molar refractivity (Wildman–Crippen MR) is 117 cm³/mol. The maximum absolute atomic E-state index is 13.0. The van der Waals surface area contributed by atoms with Crippen molar-refractivity contribution in [2.45, 2.75) is 25.8 Å². The Morgan fingerprint density at radius 1 is 1.03 bits per heavy atom. The van der Waals surface area contributed by atoms with E-state index < -0.39 is 0 Å². The van der Waals surface area contributed by atoms with E-state index in [4.69, 9.17) is 4.74 Å². The molecule has 1 atom stereocenters. The van der Waals surface area contributed by atoms with Gasteiger partial charge in [-0.2, -0.15) is 0 Å². The minimum atomic E-state index is 0.253. The first kappa shape index (κ1) is 19.8. The first-order chi connectivity index (χ1) is 14.1. The van der Waals surface area contributed by atoms with Crippen LogP contribution in [0.1, 0.15) is 30.0 Å². The van der Waals surface area contributed by atoms with E-state index in [2.05, 4.69) is 53.1 Å². The number of ether oxygens (including phenoxy) is 1. The molecule has 4 rings (SSSR count). The lowest BCUT2D eigenvalue weighted by molar-refractivity contribution is -0.133. The molecular weight excluding hydrogens is 362 g/mol. The molecule has 2 fully saturated rings. The lowest BCUT2D eigenvalue weighted by Crippen LogP contribution is -2.51. The van der Waals surface area contributed by atoms with Gasteiger partial charge >= 0.3 is 0 Å². The Morgan fingerprint density at radius 2 is 1.83 bits per heavy atom. The lowest BCUT2D eigenvalue weighted by atomic mass is 10.0. The third-order valence-corrected chi connectivity index (χ3v) is 6.18. The largest absolute Gasteiger partial charge is 0.497 e. The fourth-order valence-electron chi connectivity index (χ4n) is 4.55. The number of amides is 1. The zero-order valence-electron chi connectivity index (χ0n) is 17.5. The number of hydrogen-bond donors (Lipinski definition) is 0. The first-order valence-electron chi connectivity index (χ1n) is 10.6. The van der Waals surface area contributed by atoms with E-state index in [9.17, 15) is 4.79 Å². The summed E-state index contributed by atoms with van der Waals surface area (Å²) in [6.45, 7) is 7.00. The summed E-state index contributed by atoms with van der Waals surface area (Å²) in [5.41, 5.74) is 3.78. The average Bonchev–Trinajstić information content (AvgIpc) is 3.22. The molecule has 0 saturated carbocycles. The molecule has 0 N–H and O–H groups in total. The van der Waals surface area contributed by atoms with Crippen LogP contribution in [0.15, 0.2) is 48.5 Å². The molecule has 5 heteroatoms. The van der Waals surface area contributed by atoms with Crippen molar-refractivity contribution in [3.8, 4) is 5.75 Å². The zero-order chi connectivity index (χ0) is 20.2. The number of methoxy groups -OCH3 is 1. The second-order valence-corrected chi connectivity index (χ2v) is 8.11. The number of rotatable bonds is 5. The van der Waals surface area contributed by atoms with Gasteiger partial charge in [0.2, 0.25) is 5.91 Å². The van der Waals surface area contributed by atoms with Gasteiger partial charge in [0, 0.05) is 37.9 Å². The van der Waals surface area contributed by atoms with E-state index in [0.29, 0.717) is 12.6 Å². The fourth-order valence-corrected chi connectivity index (χ4v) is 4.55. The molecule has 2 saturated heterocycles. The molecule has 5 nitrogen and oxygen atoms in total. The third-order valence-electron chi connectivity index (χ3n) is 6.18. The van der Waals surface area contributed by atoms with Gasteiger partial charge in [0.05, 0.1) is 13.7 Å². The molecule has 2 aliphatic heterocycles. The minimum absolute atomic E-state index is 0.253. The smallest absolute Gasteiger partial charge is 0.236 e. The van der Waals surface area contributed by atoms with Crippen LogP contribution in [0.2, 0.25) is 0 Å². The number of likely N-dealkylation sites (tertiary alicyclic amines) is 1. The van der Waals surface area contributed by atoms with E-state index in [1.807, 2.05) is 17.0 Å². The molecule has 154 valence electrons. The van der Waals surface area contributed by atoms with Crippen molar-refractivity contribution >= 4 is 11.6 Å². The van der Waals surface area contributed by atoms with Gasteiger partial charge in [-0.05, 0) is 61.7 Å². The molecule has 1 unspecified atom stereocenters. The van der Waals surface area contributed by atoms with Crippen LogP contribution in [0.5, 0.6) is 5.75 Å². The summed E-state index contributed by atoms with van der Waals surface area (Å²) in [5, 5.41) is 0. The summed E-state index contributed by atoms with van der Waals surface area (Å²) in [6.07, 6.45) is 2.23. The SMILES string of the molecule is COc1cccc(C2CCCN2CC(=O)N2CCN(c3cccc(C)c3)CC2)c1. The highest BCUT2D eigenvalue weighted by Crippen LogP contribution is 2.33. The van der Waals surface area contributed by atoms with Gasteiger partial charge < -0.3 is 14.5 Å². The summed E-state index contributed by atoms with van der Waals surface area (Å²) in [6, 6.07) is 17.2. The molecular formula is C24H31N3O2.